The van der Waals surface area contributed by atoms with Crippen LogP contribution in [0.15, 0.2) is 24.3 Å². The van der Waals surface area contributed by atoms with Crippen LogP contribution in [-0.4, -0.2) is 58.2 Å². The van der Waals surface area contributed by atoms with Crippen LogP contribution in [0.3, 0.4) is 0 Å². The summed E-state index contributed by atoms with van der Waals surface area (Å²) in [5.41, 5.74) is -0.140. The maximum absolute atomic E-state index is 13.9. The third kappa shape index (κ3) is 9.61. The van der Waals surface area contributed by atoms with Crippen molar-refractivity contribution in [3.8, 4) is 12.3 Å². The van der Waals surface area contributed by atoms with E-state index in [9.17, 15) is 19.5 Å². The number of nitrogens with zero attached hydrogens (tertiary/aromatic N) is 1. The highest BCUT2D eigenvalue weighted by Gasteiger charge is 2.38. The molecular weight excluding hydrogens is 446 g/mol. The second kappa shape index (κ2) is 12.6. The van der Waals surface area contributed by atoms with E-state index in [4.69, 9.17) is 11.2 Å². The van der Waals surface area contributed by atoms with Gasteiger partial charge in [-0.25, -0.2) is 4.79 Å². The molecule has 0 fully saturated rings. The lowest BCUT2D eigenvalue weighted by atomic mass is 9.95. The van der Waals surface area contributed by atoms with Crippen LogP contribution in [0, 0.1) is 18.3 Å². The molecule has 0 aliphatic carbocycles. The molecule has 3 N–H and O–H groups in total. The predicted molar refractivity (Wildman–Crippen MR) is 136 cm³/mol. The van der Waals surface area contributed by atoms with Gasteiger partial charge < -0.3 is 25.4 Å². The summed E-state index contributed by atoms with van der Waals surface area (Å²) < 4.78 is 5.37. The highest BCUT2D eigenvalue weighted by Crippen LogP contribution is 2.25. The number of benzene rings is 1. The van der Waals surface area contributed by atoms with E-state index in [1.54, 1.807) is 45.0 Å². The number of ether oxygens (including phenoxy) is 1. The third-order valence-electron chi connectivity index (χ3n) is 5.23. The summed E-state index contributed by atoms with van der Waals surface area (Å²) in [4.78, 5) is 41.2. The van der Waals surface area contributed by atoms with Crippen molar-refractivity contribution in [1.29, 1.82) is 0 Å². The number of carbonyl (C=O) groups excluding carboxylic acids is 3. The number of aliphatic hydroxyl groups is 1. The van der Waals surface area contributed by atoms with Crippen LogP contribution in [0.25, 0.3) is 0 Å². The van der Waals surface area contributed by atoms with Gasteiger partial charge >= 0.3 is 6.09 Å². The Labute approximate surface area is 209 Å². The molecular formula is C27H41N3O5. The number of aliphatic hydroxyl groups excluding tert-OH is 1. The largest absolute Gasteiger partial charge is 0.444 e. The Kier molecular flexibility index (Phi) is 10.8. The van der Waals surface area contributed by atoms with Crippen LogP contribution in [0.1, 0.15) is 79.0 Å². The Hall–Kier alpha value is -3.05. The van der Waals surface area contributed by atoms with E-state index in [-0.39, 0.29) is 19.1 Å². The van der Waals surface area contributed by atoms with Crippen molar-refractivity contribution in [2.45, 2.75) is 85.0 Å². The summed E-state index contributed by atoms with van der Waals surface area (Å²) in [5, 5.41) is 15.4. The Bertz CT molecular complexity index is 907. The number of rotatable bonds is 9. The monoisotopic (exact) mass is 487 g/mol. The number of alkyl carbamates (subject to hydrolysis) is 1. The molecule has 0 saturated carbocycles. The first-order chi connectivity index (χ1) is 16.1. The van der Waals surface area contributed by atoms with Gasteiger partial charge in [0.1, 0.15) is 17.7 Å². The van der Waals surface area contributed by atoms with Gasteiger partial charge in [-0.2, -0.15) is 0 Å². The van der Waals surface area contributed by atoms with Crippen LogP contribution < -0.4 is 10.6 Å². The number of terminal acetylenes is 1. The minimum Gasteiger partial charge on any atom is -0.444 e. The highest BCUT2D eigenvalue weighted by molar-refractivity contribution is 5.92. The zero-order valence-corrected chi connectivity index (χ0v) is 22.3. The molecule has 0 bridgehead atoms. The van der Waals surface area contributed by atoms with Crippen molar-refractivity contribution < 1.29 is 24.2 Å². The van der Waals surface area contributed by atoms with E-state index in [2.05, 4.69) is 16.6 Å². The van der Waals surface area contributed by atoms with Gasteiger partial charge in [-0.15, -0.1) is 6.42 Å². The number of hydrogen-bond donors (Lipinski definition) is 3. The van der Waals surface area contributed by atoms with Gasteiger partial charge in [0, 0.05) is 17.6 Å². The molecule has 1 aromatic rings. The number of nitrogens with one attached hydrogen (secondary N) is 2. The molecule has 1 rings (SSSR count). The molecule has 8 nitrogen and oxygen atoms in total. The quantitative estimate of drug-likeness (QED) is 0.463. The highest BCUT2D eigenvalue weighted by atomic mass is 16.6. The Morgan fingerprint density at radius 2 is 1.69 bits per heavy atom. The van der Waals surface area contributed by atoms with Crippen LogP contribution in [0.4, 0.5) is 4.79 Å². The molecule has 0 heterocycles. The van der Waals surface area contributed by atoms with Crippen molar-refractivity contribution in [3.63, 3.8) is 0 Å². The lowest BCUT2D eigenvalue weighted by molar-refractivity contribution is -0.144. The first-order valence-corrected chi connectivity index (χ1v) is 11.9. The van der Waals surface area contributed by atoms with Crippen molar-refractivity contribution in [3.05, 3.63) is 35.4 Å². The Morgan fingerprint density at radius 1 is 1.11 bits per heavy atom. The summed E-state index contributed by atoms with van der Waals surface area (Å²) in [7, 11) is 0. The molecule has 0 saturated heterocycles. The van der Waals surface area contributed by atoms with E-state index in [0.29, 0.717) is 17.5 Å². The molecule has 0 aliphatic heterocycles. The maximum atomic E-state index is 13.9. The van der Waals surface area contributed by atoms with Crippen molar-refractivity contribution in [1.82, 2.24) is 15.5 Å². The van der Waals surface area contributed by atoms with Gasteiger partial charge in [-0.05, 0) is 65.2 Å². The van der Waals surface area contributed by atoms with Crippen molar-refractivity contribution in [2.24, 2.45) is 5.92 Å². The van der Waals surface area contributed by atoms with E-state index < -0.39 is 41.1 Å². The van der Waals surface area contributed by atoms with Crippen LogP contribution >= 0.6 is 0 Å². The summed E-state index contributed by atoms with van der Waals surface area (Å²) in [6.07, 6.45) is 5.34. The van der Waals surface area contributed by atoms with E-state index in [1.165, 1.54) is 4.90 Å². The van der Waals surface area contributed by atoms with E-state index in [1.807, 2.05) is 34.6 Å². The molecule has 0 radical (unpaired) electrons. The zero-order chi connectivity index (χ0) is 27.0. The molecule has 0 spiro atoms. The Balaban J connectivity index is 3.51. The standard InChI is InChI=1S/C27H41N3O5/c1-10-18(3)21(28-25(34)35-27(7,8)9)24(33)30(16-17-31)22(23(32)29-26(4,5)6)20-14-12-19(11-2)13-15-20/h2,12-15,18,21-22,31H,10,16-17H2,1,3-9H3,(H,28,34)(H,29,32). The van der Waals surface area contributed by atoms with Crippen molar-refractivity contribution in [2.75, 3.05) is 13.2 Å². The number of hydrogen-bond acceptors (Lipinski definition) is 5. The second-order valence-electron chi connectivity index (χ2n) is 10.7. The molecule has 3 atom stereocenters. The van der Waals surface area contributed by atoms with Gasteiger partial charge in [0.25, 0.3) is 0 Å². The van der Waals surface area contributed by atoms with Gasteiger partial charge in [0.15, 0.2) is 0 Å². The fraction of sp³-hybridized carbons (Fsp3) is 0.593. The summed E-state index contributed by atoms with van der Waals surface area (Å²) in [5.74, 6) is 1.38. The molecule has 0 aliphatic rings. The SMILES string of the molecule is C#Cc1ccc(C(C(=O)NC(C)(C)C)N(CCO)C(=O)C(NC(=O)OC(C)(C)C)C(C)CC)cc1. The van der Waals surface area contributed by atoms with Crippen LogP contribution in [0.5, 0.6) is 0 Å². The van der Waals surface area contributed by atoms with Crippen LogP contribution in [-0.2, 0) is 14.3 Å². The normalized spacial score (nSPS) is 14.2. The second-order valence-corrected chi connectivity index (χ2v) is 10.7. The van der Waals surface area contributed by atoms with Gasteiger partial charge in [0.2, 0.25) is 11.8 Å². The fourth-order valence-corrected chi connectivity index (χ4v) is 3.44. The summed E-state index contributed by atoms with van der Waals surface area (Å²) >= 11 is 0. The smallest absolute Gasteiger partial charge is 0.408 e. The molecule has 8 heteroatoms. The minimum atomic E-state index is -1.05. The fourth-order valence-electron chi connectivity index (χ4n) is 3.44. The lowest BCUT2D eigenvalue weighted by Crippen LogP contribution is -2.56. The van der Waals surface area contributed by atoms with Gasteiger partial charge in [-0.1, -0.05) is 38.3 Å². The minimum absolute atomic E-state index is 0.110. The summed E-state index contributed by atoms with van der Waals surface area (Å²) in [6, 6.07) is 4.77. The first kappa shape index (κ1) is 30.0. The number of carbonyl (C=O) groups is 3. The molecule has 3 unspecified atom stereocenters. The van der Waals surface area contributed by atoms with E-state index >= 15 is 0 Å². The molecule has 0 aromatic heterocycles. The average molecular weight is 488 g/mol. The predicted octanol–water partition coefficient (Wildman–Crippen LogP) is 3.38. The average Bonchev–Trinajstić information content (AvgIpc) is 2.74. The number of amides is 3. The van der Waals surface area contributed by atoms with Gasteiger partial charge in [-0.3, -0.25) is 9.59 Å². The van der Waals surface area contributed by atoms with E-state index in [0.717, 1.165) is 0 Å². The molecule has 194 valence electrons. The lowest BCUT2D eigenvalue weighted by Gasteiger charge is -2.37. The topological polar surface area (TPSA) is 108 Å². The van der Waals surface area contributed by atoms with Crippen molar-refractivity contribution >= 4 is 17.9 Å². The molecule has 1 aromatic carbocycles. The van der Waals surface area contributed by atoms with Gasteiger partial charge in [0.05, 0.1) is 6.61 Å². The third-order valence-corrected chi connectivity index (χ3v) is 5.23. The Morgan fingerprint density at radius 3 is 2.11 bits per heavy atom. The molecule has 3 amide bonds. The maximum Gasteiger partial charge on any atom is 0.408 e. The zero-order valence-electron chi connectivity index (χ0n) is 22.3. The first-order valence-electron chi connectivity index (χ1n) is 11.9. The molecule has 35 heavy (non-hydrogen) atoms. The summed E-state index contributed by atoms with van der Waals surface area (Å²) in [6.45, 7) is 14.0. The van der Waals surface area contributed by atoms with Crippen LogP contribution in [0.2, 0.25) is 0 Å².